The van der Waals surface area contributed by atoms with E-state index in [1.807, 2.05) is 6.08 Å². The number of unbranched alkanes of at least 4 members (excludes halogenated alkanes) is 21. The molecule has 0 rings (SSSR count). The molecule has 0 heterocycles. The van der Waals surface area contributed by atoms with E-state index in [-0.39, 0.29) is 25.7 Å². The second-order valence-corrected chi connectivity index (χ2v) is 16.3. The molecule has 8 nitrogen and oxygen atoms in total. The number of hydrogen-bond acceptors (Lipinski definition) is 6. The Morgan fingerprint density at radius 3 is 1.55 bits per heavy atom. The number of phosphoric ester groups is 1. The van der Waals surface area contributed by atoms with Crippen LogP contribution in [0.5, 0.6) is 0 Å². The summed E-state index contributed by atoms with van der Waals surface area (Å²) in [6.45, 7) is 4.07. The molecule has 0 aliphatic carbocycles. The van der Waals surface area contributed by atoms with E-state index in [0.717, 1.165) is 51.4 Å². The molecular weight excluding hydrogens is 707 g/mol. The largest absolute Gasteiger partial charge is 0.472 e. The highest BCUT2D eigenvalue weighted by atomic mass is 31.2. The van der Waals surface area contributed by atoms with Crippen molar-refractivity contribution in [1.82, 2.24) is 5.32 Å². The molecule has 5 N–H and O–H groups in total. The number of aliphatic hydroxyl groups excluding tert-OH is 1. The van der Waals surface area contributed by atoms with Gasteiger partial charge in [-0.05, 0) is 77.0 Å². The third-order valence-electron chi connectivity index (χ3n) is 9.54. The fourth-order valence-corrected chi connectivity index (χ4v) is 6.89. The molecule has 3 unspecified atom stereocenters. The molecule has 0 radical (unpaired) electrons. The maximum absolute atomic E-state index is 12.8. The quantitative estimate of drug-likeness (QED) is 0.0275. The van der Waals surface area contributed by atoms with Crippen molar-refractivity contribution in [3.8, 4) is 0 Å². The van der Waals surface area contributed by atoms with Crippen molar-refractivity contribution >= 4 is 13.7 Å². The number of nitrogens with one attached hydrogen (secondary N) is 1. The zero-order chi connectivity index (χ0) is 40.3. The second-order valence-electron chi connectivity index (χ2n) is 14.9. The van der Waals surface area contributed by atoms with E-state index in [0.29, 0.717) is 6.42 Å². The van der Waals surface area contributed by atoms with Crippen LogP contribution in [0.1, 0.15) is 194 Å². The Balaban J connectivity index is 4.28. The van der Waals surface area contributed by atoms with Crippen molar-refractivity contribution in [2.75, 3.05) is 19.8 Å². The van der Waals surface area contributed by atoms with Crippen LogP contribution in [-0.4, -0.2) is 47.8 Å². The Labute approximate surface area is 338 Å². The third kappa shape index (κ3) is 40.2. The molecule has 0 spiro atoms. The highest BCUT2D eigenvalue weighted by molar-refractivity contribution is 7.47. The molecule has 0 bridgehead atoms. The molecule has 0 saturated carbocycles. The van der Waals surface area contributed by atoms with Gasteiger partial charge in [0.15, 0.2) is 0 Å². The van der Waals surface area contributed by atoms with Gasteiger partial charge in [0.1, 0.15) is 0 Å². The van der Waals surface area contributed by atoms with Crippen molar-refractivity contribution in [3.05, 3.63) is 60.8 Å². The number of nitrogens with two attached hydrogens (primary N) is 1. The molecule has 1 amide bonds. The summed E-state index contributed by atoms with van der Waals surface area (Å²) in [5, 5.41) is 13.7. The molecule has 3 atom stereocenters. The lowest BCUT2D eigenvalue weighted by Gasteiger charge is -2.23. The lowest BCUT2D eigenvalue weighted by molar-refractivity contribution is -0.123. The van der Waals surface area contributed by atoms with Gasteiger partial charge in [-0.1, -0.05) is 171 Å². The number of rotatable bonds is 41. The van der Waals surface area contributed by atoms with Gasteiger partial charge in [0.25, 0.3) is 0 Å². The minimum Gasteiger partial charge on any atom is -0.387 e. The van der Waals surface area contributed by atoms with Crippen LogP contribution in [0, 0.1) is 0 Å². The van der Waals surface area contributed by atoms with Crippen molar-refractivity contribution < 1.29 is 28.4 Å². The number of allylic oxidation sites excluding steroid dienone is 9. The summed E-state index contributed by atoms with van der Waals surface area (Å²) >= 11 is 0. The van der Waals surface area contributed by atoms with Crippen LogP contribution in [-0.2, 0) is 18.4 Å². The van der Waals surface area contributed by atoms with Gasteiger partial charge in [0.05, 0.1) is 25.4 Å². The standard InChI is InChI=1S/C46H85N2O6P/c1-3-5-7-9-11-13-15-17-19-21-22-24-26-28-30-32-34-36-38-40-46(50)48-44(43-54-55(51,52)53-42-41-47)45(49)39-37-35-33-31-29-27-25-23-20-18-16-14-12-10-8-6-4-2/h11,13,17,19-20,23,29,31,37,39,44-45,49H,3-10,12,14-16,18,21-22,24-28,30,32-36,38,40-43,47H2,1-2H3,(H,48,50)(H,51,52)/b13-11-,19-17-,23-20+,31-29+,39-37+. The summed E-state index contributed by atoms with van der Waals surface area (Å²) in [7, 11) is -4.35. The van der Waals surface area contributed by atoms with Crippen molar-refractivity contribution in [3.63, 3.8) is 0 Å². The lowest BCUT2D eigenvalue weighted by atomic mass is 10.1. The summed E-state index contributed by atoms with van der Waals surface area (Å²) < 4.78 is 22.1. The predicted octanol–water partition coefficient (Wildman–Crippen LogP) is 12.7. The fraction of sp³-hybridized carbons (Fsp3) is 0.761. The maximum Gasteiger partial charge on any atom is 0.472 e. The molecule has 9 heteroatoms. The van der Waals surface area contributed by atoms with E-state index in [2.05, 4.69) is 67.8 Å². The maximum atomic E-state index is 12.8. The van der Waals surface area contributed by atoms with Gasteiger partial charge < -0.3 is 21.1 Å². The van der Waals surface area contributed by atoms with Crippen LogP contribution in [0.15, 0.2) is 60.8 Å². The first kappa shape index (κ1) is 53.2. The van der Waals surface area contributed by atoms with Gasteiger partial charge in [-0.25, -0.2) is 4.57 Å². The molecule has 55 heavy (non-hydrogen) atoms. The minimum atomic E-state index is -4.35. The van der Waals surface area contributed by atoms with Crippen LogP contribution in [0.2, 0.25) is 0 Å². The van der Waals surface area contributed by atoms with Crippen LogP contribution < -0.4 is 11.1 Å². The summed E-state index contributed by atoms with van der Waals surface area (Å²) in [5.41, 5.74) is 5.37. The Kier molecular flexibility index (Phi) is 40.5. The first-order chi connectivity index (χ1) is 26.9. The predicted molar refractivity (Wildman–Crippen MR) is 235 cm³/mol. The van der Waals surface area contributed by atoms with E-state index in [1.54, 1.807) is 6.08 Å². The zero-order valence-corrected chi connectivity index (χ0v) is 36.3. The molecule has 0 aliphatic heterocycles. The third-order valence-corrected chi connectivity index (χ3v) is 10.5. The molecule has 0 aromatic rings. The normalized spacial score (nSPS) is 14.6. The smallest absolute Gasteiger partial charge is 0.387 e. The number of hydrogen-bond donors (Lipinski definition) is 4. The Morgan fingerprint density at radius 2 is 1.02 bits per heavy atom. The first-order valence-corrected chi connectivity index (χ1v) is 23.9. The van der Waals surface area contributed by atoms with Crippen LogP contribution in [0.3, 0.4) is 0 Å². The molecule has 0 aliphatic rings. The average Bonchev–Trinajstić information content (AvgIpc) is 3.17. The Bertz CT molecular complexity index is 1040. The minimum absolute atomic E-state index is 0.0689. The molecule has 0 aromatic heterocycles. The first-order valence-electron chi connectivity index (χ1n) is 22.4. The van der Waals surface area contributed by atoms with Gasteiger partial charge in [-0.3, -0.25) is 13.8 Å². The average molecular weight is 793 g/mol. The lowest BCUT2D eigenvalue weighted by Crippen LogP contribution is -2.45. The summed E-state index contributed by atoms with van der Waals surface area (Å²) in [4.78, 5) is 22.7. The van der Waals surface area contributed by atoms with Gasteiger partial charge in [-0.15, -0.1) is 0 Å². The van der Waals surface area contributed by atoms with Crippen molar-refractivity contribution in [2.24, 2.45) is 5.73 Å². The highest BCUT2D eigenvalue weighted by Gasteiger charge is 2.26. The van der Waals surface area contributed by atoms with Crippen LogP contribution in [0.4, 0.5) is 0 Å². The number of carbonyl (C=O) groups excluding carboxylic acids is 1. The van der Waals surface area contributed by atoms with Crippen molar-refractivity contribution in [1.29, 1.82) is 0 Å². The Morgan fingerprint density at radius 1 is 0.600 bits per heavy atom. The summed E-state index contributed by atoms with van der Waals surface area (Å²) in [6, 6.07) is -0.887. The van der Waals surface area contributed by atoms with E-state index < -0.39 is 20.0 Å². The molecule has 0 aromatic carbocycles. The van der Waals surface area contributed by atoms with Gasteiger partial charge >= 0.3 is 7.82 Å². The zero-order valence-electron chi connectivity index (χ0n) is 35.4. The number of amides is 1. The molecule has 0 fully saturated rings. The van der Waals surface area contributed by atoms with E-state index in [1.165, 1.54) is 122 Å². The molecule has 0 saturated heterocycles. The van der Waals surface area contributed by atoms with Gasteiger partial charge in [0.2, 0.25) is 5.91 Å². The van der Waals surface area contributed by atoms with E-state index in [4.69, 9.17) is 14.8 Å². The second kappa shape index (κ2) is 41.8. The van der Waals surface area contributed by atoms with E-state index >= 15 is 0 Å². The number of carbonyl (C=O) groups is 1. The highest BCUT2D eigenvalue weighted by Crippen LogP contribution is 2.43. The fourth-order valence-electron chi connectivity index (χ4n) is 6.13. The van der Waals surface area contributed by atoms with E-state index in [9.17, 15) is 19.4 Å². The van der Waals surface area contributed by atoms with Crippen LogP contribution in [0.25, 0.3) is 0 Å². The number of aliphatic hydroxyl groups is 1. The topological polar surface area (TPSA) is 131 Å². The monoisotopic (exact) mass is 793 g/mol. The Hall–Kier alpha value is -1.80. The summed E-state index contributed by atoms with van der Waals surface area (Å²) in [6.07, 6.45) is 52.7. The van der Waals surface area contributed by atoms with Crippen molar-refractivity contribution in [2.45, 2.75) is 206 Å². The number of phosphoric acid groups is 1. The molecular formula is C46H85N2O6P. The van der Waals surface area contributed by atoms with Gasteiger partial charge in [-0.2, -0.15) is 0 Å². The van der Waals surface area contributed by atoms with Crippen LogP contribution >= 0.6 is 7.82 Å². The summed E-state index contributed by atoms with van der Waals surface area (Å²) in [5.74, 6) is -0.215. The SMILES string of the molecule is CCCCC/C=C\C/C=C\CCCCCCCCCCCC(=O)NC(COP(=O)(O)OCCN)C(O)/C=C/CC/C=C/CC/C=C/CCCCCCCCC. The molecule has 320 valence electrons. The van der Waals surface area contributed by atoms with Gasteiger partial charge in [0, 0.05) is 13.0 Å².